The van der Waals surface area contributed by atoms with Crippen LogP contribution in [0.15, 0.2) is 12.1 Å². The van der Waals surface area contributed by atoms with Gasteiger partial charge in [0.25, 0.3) is 5.69 Å². The number of nitro groups is 1. The molecule has 2 atom stereocenters. The number of aromatic nitrogens is 1. The van der Waals surface area contributed by atoms with Crippen molar-refractivity contribution < 1.29 is 10.0 Å². The third-order valence-electron chi connectivity index (χ3n) is 2.86. The van der Waals surface area contributed by atoms with Crippen LogP contribution in [-0.4, -0.2) is 21.1 Å². The molecule has 17 heavy (non-hydrogen) atoms. The summed E-state index contributed by atoms with van der Waals surface area (Å²) in [6.07, 6.45) is -0.525. The van der Waals surface area contributed by atoms with Crippen LogP contribution in [0.3, 0.4) is 0 Å². The summed E-state index contributed by atoms with van der Waals surface area (Å²) in [5, 5.41) is 20.4. The summed E-state index contributed by atoms with van der Waals surface area (Å²) in [4.78, 5) is 14.5. The second kappa shape index (κ2) is 5.23. The molecular formula is C12H18N2O3. The van der Waals surface area contributed by atoms with Crippen LogP contribution in [-0.2, 0) is 0 Å². The predicted molar refractivity (Wildman–Crippen MR) is 64.9 cm³/mol. The fraction of sp³-hybridized carbons (Fsp3) is 0.583. The van der Waals surface area contributed by atoms with Gasteiger partial charge in [-0.25, -0.2) is 0 Å². The number of pyridine rings is 1. The Bertz CT molecular complexity index is 408. The molecule has 0 saturated heterocycles. The lowest BCUT2D eigenvalue weighted by molar-refractivity contribution is -0.385. The van der Waals surface area contributed by atoms with Gasteiger partial charge in [0, 0.05) is 17.7 Å². The molecule has 1 rings (SSSR count). The molecule has 0 radical (unpaired) electrons. The van der Waals surface area contributed by atoms with E-state index >= 15 is 0 Å². The summed E-state index contributed by atoms with van der Waals surface area (Å²) in [6.45, 7) is 7.32. The minimum absolute atomic E-state index is 0.0156. The van der Waals surface area contributed by atoms with Crippen molar-refractivity contribution in [3.05, 3.63) is 33.6 Å². The van der Waals surface area contributed by atoms with Gasteiger partial charge in [0.2, 0.25) is 0 Å². The lowest BCUT2D eigenvalue weighted by Crippen LogP contribution is -2.21. The van der Waals surface area contributed by atoms with E-state index in [9.17, 15) is 15.2 Å². The highest BCUT2D eigenvalue weighted by atomic mass is 16.6. The molecule has 5 nitrogen and oxygen atoms in total. The van der Waals surface area contributed by atoms with Crippen molar-refractivity contribution in [2.75, 3.05) is 0 Å². The molecule has 1 N–H and O–H groups in total. The molecule has 0 bridgehead atoms. The van der Waals surface area contributed by atoms with Gasteiger partial charge in [0.05, 0.1) is 11.0 Å². The van der Waals surface area contributed by atoms with Crippen molar-refractivity contribution in [3.63, 3.8) is 0 Å². The van der Waals surface area contributed by atoms with E-state index in [0.717, 1.165) is 0 Å². The van der Waals surface area contributed by atoms with Gasteiger partial charge in [-0.1, -0.05) is 13.8 Å². The van der Waals surface area contributed by atoms with E-state index in [0.29, 0.717) is 11.4 Å². The first-order chi connectivity index (χ1) is 7.84. The Morgan fingerprint density at radius 3 is 2.29 bits per heavy atom. The van der Waals surface area contributed by atoms with Gasteiger partial charge in [-0.15, -0.1) is 0 Å². The van der Waals surface area contributed by atoms with Crippen LogP contribution in [0.25, 0.3) is 0 Å². The Morgan fingerprint density at radius 2 is 1.94 bits per heavy atom. The van der Waals surface area contributed by atoms with Crippen LogP contribution in [0.2, 0.25) is 0 Å². The van der Waals surface area contributed by atoms with E-state index in [1.807, 2.05) is 13.8 Å². The summed E-state index contributed by atoms with van der Waals surface area (Å²) >= 11 is 0. The van der Waals surface area contributed by atoms with Crippen molar-refractivity contribution in [1.82, 2.24) is 4.98 Å². The summed E-state index contributed by atoms with van der Waals surface area (Å²) < 4.78 is 0. The van der Waals surface area contributed by atoms with Crippen LogP contribution in [0, 0.1) is 23.0 Å². The van der Waals surface area contributed by atoms with Gasteiger partial charge in [0.15, 0.2) is 0 Å². The number of rotatable bonds is 4. The lowest BCUT2D eigenvalue weighted by atomic mass is 9.87. The fourth-order valence-electron chi connectivity index (χ4n) is 2.10. The van der Waals surface area contributed by atoms with Crippen LogP contribution in [0.1, 0.15) is 38.1 Å². The second-order valence-corrected chi connectivity index (χ2v) is 4.61. The van der Waals surface area contributed by atoms with E-state index in [2.05, 4.69) is 4.98 Å². The minimum Gasteiger partial charge on any atom is -0.393 e. The van der Waals surface area contributed by atoms with Gasteiger partial charge in [-0.2, -0.15) is 0 Å². The molecule has 1 aromatic rings. The Hall–Kier alpha value is -1.49. The highest BCUT2D eigenvalue weighted by Crippen LogP contribution is 2.28. The maximum Gasteiger partial charge on any atom is 0.290 e. The third-order valence-corrected chi connectivity index (χ3v) is 2.86. The van der Waals surface area contributed by atoms with Gasteiger partial charge < -0.3 is 5.11 Å². The molecule has 0 aliphatic heterocycles. The smallest absolute Gasteiger partial charge is 0.290 e. The molecule has 94 valence electrons. The summed E-state index contributed by atoms with van der Waals surface area (Å²) in [5.74, 6) is 0.123. The molecule has 0 amide bonds. The normalized spacial score (nSPS) is 14.7. The van der Waals surface area contributed by atoms with Gasteiger partial charge >= 0.3 is 0 Å². The maximum atomic E-state index is 10.7. The van der Waals surface area contributed by atoms with Gasteiger partial charge in [-0.3, -0.25) is 15.1 Å². The van der Waals surface area contributed by atoms with Crippen LogP contribution in [0.5, 0.6) is 0 Å². The topological polar surface area (TPSA) is 76.3 Å². The number of aryl methyl sites for hydroxylation is 1. The van der Waals surface area contributed by atoms with Crippen molar-refractivity contribution in [2.45, 2.75) is 39.7 Å². The number of aliphatic hydroxyl groups is 1. The largest absolute Gasteiger partial charge is 0.393 e. The summed E-state index contributed by atoms with van der Waals surface area (Å²) in [6, 6.07) is 3.08. The standard InChI is InChI=1S/C12H18N2O3/c1-7(2)12(9(4)15)10-5-6-11(14(16)17)8(3)13-10/h5-7,9,12,15H,1-4H3. The van der Waals surface area contributed by atoms with Crippen LogP contribution in [0.4, 0.5) is 5.69 Å². The molecule has 0 spiro atoms. The first-order valence-electron chi connectivity index (χ1n) is 5.64. The van der Waals surface area contributed by atoms with Crippen LogP contribution < -0.4 is 0 Å². The Labute approximate surface area is 101 Å². The van der Waals surface area contributed by atoms with Gasteiger partial charge in [-0.05, 0) is 25.8 Å². The molecule has 1 aromatic heterocycles. The molecule has 1 heterocycles. The monoisotopic (exact) mass is 238 g/mol. The number of hydrogen-bond acceptors (Lipinski definition) is 4. The highest BCUT2D eigenvalue weighted by molar-refractivity contribution is 5.36. The van der Waals surface area contributed by atoms with E-state index in [1.165, 1.54) is 6.07 Å². The van der Waals surface area contributed by atoms with Gasteiger partial charge in [0.1, 0.15) is 5.69 Å². The molecular weight excluding hydrogens is 220 g/mol. The van der Waals surface area contributed by atoms with Crippen molar-refractivity contribution in [2.24, 2.45) is 5.92 Å². The molecule has 0 fully saturated rings. The second-order valence-electron chi connectivity index (χ2n) is 4.61. The Balaban J connectivity index is 3.15. The lowest BCUT2D eigenvalue weighted by Gasteiger charge is -2.23. The molecule has 0 aromatic carbocycles. The number of nitrogens with zero attached hydrogens (tertiary/aromatic N) is 2. The Kier molecular flexibility index (Phi) is 4.17. The first-order valence-corrected chi connectivity index (χ1v) is 5.64. The predicted octanol–water partition coefficient (Wildman–Crippen LogP) is 2.42. The summed E-state index contributed by atoms with van der Waals surface area (Å²) in [7, 11) is 0. The van der Waals surface area contributed by atoms with E-state index < -0.39 is 11.0 Å². The SMILES string of the molecule is Cc1nc(C(C(C)C)C(C)O)ccc1[N+](=O)[O-]. The molecule has 0 aliphatic rings. The highest BCUT2D eigenvalue weighted by Gasteiger charge is 2.24. The number of hydrogen-bond donors (Lipinski definition) is 1. The molecule has 2 unspecified atom stereocenters. The molecule has 5 heteroatoms. The zero-order chi connectivity index (χ0) is 13.2. The van der Waals surface area contributed by atoms with Crippen molar-refractivity contribution >= 4 is 5.69 Å². The third kappa shape index (κ3) is 3.00. The molecule has 0 aliphatic carbocycles. The van der Waals surface area contributed by atoms with Crippen molar-refractivity contribution in [1.29, 1.82) is 0 Å². The first kappa shape index (κ1) is 13.6. The summed E-state index contributed by atoms with van der Waals surface area (Å²) in [5.41, 5.74) is 1.11. The van der Waals surface area contributed by atoms with E-state index in [1.54, 1.807) is 19.9 Å². The zero-order valence-electron chi connectivity index (χ0n) is 10.5. The number of aliphatic hydroxyl groups excluding tert-OH is 1. The Morgan fingerprint density at radius 1 is 1.35 bits per heavy atom. The van der Waals surface area contributed by atoms with Crippen LogP contribution >= 0.6 is 0 Å². The van der Waals surface area contributed by atoms with Crippen molar-refractivity contribution in [3.8, 4) is 0 Å². The molecule has 0 saturated carbocycles. The van der Waals surface area contributed by atoms with E-state index in [4.69, 9.17) is 0 Å². The average molecular weight is 238 g/mol. The van der Waals surface area contributed by atoms with E-state index in [-0.39, 0.29) is 17.5 Å². The minimum atomic E-state index is -0.525. The fourth-order valence-corrected chi connectivity index (χ4v) is 2.10. The average Bonchev–Trinajstić information content (AvgIpc) is 2.15. The zero-order valence-corrected chi connectivity index (χ0v) is 10.5. The maximum absolute atomic E-state index is 10.7. The quantitative estimate of drug-likeness (QED) is 0.645.